The first-order valence-corrected chi connectivity index (χ1v) is 7.56. The predicted molar refractivity (Wildman–Crippen MR) is 69.5 cm³/mol. The smallest absolute Gasteiger partial charge is 0.246 e. The van der Waals surface area contributed by atoms with Gasteiger partial charge in [0.25, 0.3) is 0 Å². The summed E-state index contributed by atoms with van der Waals surface area (Å²) < 4.78 is 58.3. The maximum Gasteiger partial charge on any atom is 0.246 e. The van der Waals surface area contributed by atoms with Crippen molar-refractivity contribution in [3.05, 3.63) is 23.8 Å². The van der Waals surface area contributed by atoms with Crippen LogP contribution in [0.3, 0.4) is 0 Å². The van der Waals surface area contributed by atoms with Crippen LogP contribution in [-0.2, 0) is 14.8 Å². The first kappa shape index (κ1) is 15.1. The third-order valence-corrected chi connectivity index (χ3v) is 4.90. The molecule has 1 fully saturated rings. The maximum atomic E-state index is 13.7. The van der Waals surface area contributed by atoms with Gasteiger partial charge in [0.05, 0.1) is 17.9 Å². The fourth-order valence-electron chi connectivity index (χ4n) is 2.21. The highest BCUT2D eigenvalue weighted by molar-refractivity contribution is 7.89. The Morgan fingerprint density at radius 2 is 1.75 bits per heavy atom. The van der Waals surface area contributed by atoms with E-state index in [9.17, 15) is 17.2 Å². The Morgan fingerprint density at radius 1 is 1.20 bits per heavy atom. The Morgan fingerprint density at radius 3 is 2.30 bits per heavy atom. The Balaban J connectivity index is 2.42. The topological polar surface area (TPSA) is 72.6 Å². The third-order valence-electron chi connectivity index (χ3n) is 3.06. The van der Waals surface area contributed by atoms with Crippen LogP contribution in [-0.4, -0.2) is 38.0 Å². The SMILES string of the molecule is C[C@@H]1CN(S(=O)(=O)c2cc(N)c(F)cc2F)C[C@H](C)O1. The number of halogens is 2. The summed E-state index contributed by atoms with van der Waals surface area (Å²) in [6.07, 6.45) is -0.594. The predicted octanol–water partition coefficient (Wildman–Crippen LogP) is 1.34. The van der Waals surface area contributed by atoms with Crippen molar-refractivity contribution in [3.63, 3.8) is 0 Å². The van der Waals surface area contributed by atoms with Crippen molar-refractivity contribution < 1.29 is 21.9 Å². The lowest BCUT2D eigenvalue weighted by Crippen LogP contribution is -2.48. The van der Waals surface area contributed by atoms with Gasteiger partial charge in [-0.25, -0.2) is 17.2 Å². The number of nitrogen functional groups attached to an aromatic ring is 1. The van der Waals surface area contributed by atoms with Crippen LogP contribution in [0.4, 0.5) is 14.5 Å². The number of benzene rings is 1. The molecule has 0 unspecified atom stereocenters. The molecule has 0 spiro atoms. The van der Waals surface area contributed by atoms with Crippen LogP contribution in [0.25, 0.3) is 0 Å². The van der Waals surface area contributed by atoms with Crippen molar-refractivity contribution in [1.82, 2.24) is 4.31 Å². The fraction of sp³-hybridized carbons (Fsp3) is 0.500. The summed E-state index contributed by atoms with van der Waals surface area (Å²) in [7, 11) is -4.07. The molecule has 1 aromatic carbocycles. The molecule has 1 aliphatic heterocycles. The van der Waals surface area contributed by atoms with E-state index in [1.54, 1.807) is 13.8 Å². The monoisotopic (exact) mass is 306 g/mol. The largest absolute Gasteiger partial charge is 0.396 e. The quantitative estimate of drug-likeness (QED) is 0.837. The highest BCUT2D eigenvalue weighted by atomic mass is 32.2. The van der Waals surface area contributed by atoms with E-state index < -0.39 is 32.2 Å². The van der Waals surface area contributed by atoms with Gasteiger partial charge in [-0.1, -0.05) is 0 Å². The van der Waals surface area contributed by atoms with Gasteiger partial charge >= 0.3 is 0 Å². The minimum Gasteiger partial charge on any atom is -0.396 e. The molecule has 0 amide bonds. The van der Waals surface area contributed by atoms with E-state index in [-0.39, 0.29) is 25.3 Å². The molecule has 112 valence electrons. The van der Waals surface area contributed by atoms with Crippen molar-refractivity contribution in [2.75, 3.05) is 18.8 Å². The summed E-state index contributed by atoms with van der Waals surface area (Å²) in [4.78, 5) is -0.613. The summed E-state index contributed by atoms with van der Waals surface area (Å²) in [5, 5.41) is 0. The minimum absolute atomic E-state index is 0.114. The van der Waals surface area contributed by atoms with E-state index in [4.69, 9.17) is 10.5 Å². The number of rotatable bonds is 2. The van der Waals surface area contributed by atoms with Crippen LogP contribution < -0.4 is 5.73 Å². The zero-order valence-corrected chi connectivity index (χ0v) is 12.0. The molecule has 1 aromatic rings. The molecular formula is C12H16F2N2O3S. The zero-order valence-electron chi connectivity index (χ0n) is 11.1. The van der Waals surface area contributed by atoms with Crippen LogP contribution in [0.1, 0.15) is 13.8 Å². The highest BCUT2D eigenvalue weighted by Gasteiger charge is 2.34. The number of hydrogen-bond acceptors (Lipinski definition) is 4. The molecule has 1 heterocycles. The zero-order chi connectivity index (χ0) is 15.1. The third kappa shape index (κ3) is 2.77. The Labute approximate surface area is 116 Å². The van der Waals surface area contributed by atoms with Crippen molar-refractivity contribution in [1.29, 1.82) is 0 Å². The number of hydrogen-bond donors (Lipinski definition) is 1. The van der Waals surface area contributed by atoms with Crippen LogP contribution in [0.15, 0.2) is 17.0 Å². The average Bonchev–Trinajstić information content (AvgIpc) is 2.32. The highest BCUT2D eigenvalue weighted by Crippen LogP contribution is 2.26. The molecule has 8 heteroatoms. The minimum atomic E-state index is -4.07. The Hall–Kier alpha value is -1.25. The molecule has 5 nitrogen and oxygen atoms in total. The number of morpholine rings is 1. The lowest BCUT2D eigenvalue weighted by molar-refractivity contribution is -0.0441. The van der Waals surface area contributed by atoms with Crippen LogP contribution >= 0.6 is 0 Å². The van der Waals surface area contributed by atoms with Crippen LogP contribution in [0.5, 0.6) is 0 Å². The standard InChI is InChI=1S/C12H16F2N2O3S/c1-7-5-16(6-8(2)19-7)20(17,18)12-4-11(15)9(13)3-10(12)14/h3-4,7-8H,5-6,15H2,1-2H3/t7-,8+. The summed E-state index contributed by atoms with van der Waals surface area (Å²) >= 11 is 0. The first-order chi connectivity index (χ1) is 9.21. The van der Waals surface area contributed by atoms with E-state index in [2.05, 4.69) is 0 Å². The summed E-state index contributed by atoms with van der Waals surface area (Å²) in [5.74, 6) is -2.13. The second-order valence-corrected chi connectivity index (χ2v) is 6.79. The van der Waals surface area contributed by atoms with Gasteiger partial charge in [-0.3, -0.25) is 0 Å². The van der Waals surface area contributed by atoms with E-state index in [1.807, 2.05) is 0 Å². The van der Waals surface area contributed by atoms with Gasteiger partial charge in [0.2, 0.25) is 10.0 Å². The molecule has 1 saturated heterocycles. The molecular weight excluding hydrogens is 290 g/mol. The summed E-state index contributed by atoms with van der Waals surface area (Å²) in [6.45, 7) is 3.69. The van der Waals surface area contributed by atoms with Gasteiger partial charge in [0.1, 0.15) is 16.5 Å². The van der Waals surface area contributed by atoms with Crippen molar-refractivity contribution in [3.8, 4) is 0 Å². The van der Waals surface area contributed by atoms with Gasteiger partial charge in [-0.15, -0.1) is 0 Å². The molecule has 2 atom stereocenters. The van der Waals surface area contributed by atoms with Gasteiger partial charge in [0, 0.05) is 19.2 Å². The summed E-state index contributed by atoms with van der Waals surface area (Å²) in [6, 6.07) is 1.29. The fourth-order valence-corrected chi connectivity index (χ4v) is 3.88. The summed E-state index contributed by atoms with van der Waals surface area (Å²) in [5.41, 5.74) is 4.92. The van der Waals surface area contributed by atoms with Gasteiger partial charge in [-0.2, -0.15) is 4.31 Å². The van der Waals surface area contributed by atoms with Gasteiger partial charge < -0.3 is 10.5 Å². The number of ether oxygens (including phenoxy) is 1. The number of sulfonamides is 1. The molecule has 0 aromatic heterocycles. The maximum absolute atomic E-state index is 13.7. The number of nitrogens with two attached hydrogens (primary N) is 1. The second kappa shape index (κ2) is 5.27. The lowest BCUT2D eigenvalue weighted by Gasteiger charge is -2.34. The normalized spacial score (nSPS) is 24.8. The van der Waals surface area contributed by atoms with E-state index in [0.29, 0.717) is 6.07 Å². The molecule has 20 heavy (non-hydrogen) atoms. The van der Waals surface area contributed by atoms with Gasteiger partial charge in [-0.05, 0) is 19.9 Å². The molecule has 0 saturated carbocycles. The molecule has 2 rings (SSSR count). The van der Waals surface area contributed by atoms with Crippen LogP contribution in [0, 0.1) is 11.6 Å². The van der Waals surface area contributed by atoms with E-state index in [1.165, 1.54) is 0 Å². The van der Waals surface area contributed by atoms with Crippen molar-refractivity contribution in [2.45, 2.75) is 31.0 Å². The van der Waals surface area contributed by atoms with Crippen molar-refractivity contribution >= 4 is 15.7 Å². The van der Waals surface area contributed by atoms with E-state index in [0.717, 1.165) is 10.4 Å². The van der Waals surface area contributed by atoms with Crippen LogP contribution in [0.2, 0.25) is 0 Å². The molecule has 0 aliphatic carbocycles. The van der Waals surface area contributed by atoms with Gasteiger partial charge in [0.15, 0.2) is 0 Å². The second-order valence-electron chi connectivity index (χ2n) is 4.88. The average molecular weight is 306 g/mol. The Kier molecular flexibility index (Phi) is 3.99. The number of anilines is 1. The lowest BCUT2D eigenvalue weighted by atomic mass is 10.3. The molecule has 2 N–H and O–H groups in total. The van der Waals surface area contributed by atoms with Crippen molar-refractivity contribution in [2.24, 2.45) is 0 Å². The molecule has 0 radical (unpaired) electrons. The Bertz CT molecular complexity index is 611. The number of nitrogens with zero attached hydrogens (tertiary/aromatic N) is 1. The first-order valence-electron chi connectivity index (χ1n) is 6.12. The molecule has 1 aliphatic rings. The van der Waals surface area contributed by atoms with E-state index >= 15 is 0 Å². The molecule has 0 bridgehead atoms.